The topological polar surface area (TPSA) is 187 Å². The van der Waals surface area contributed by atoms with Crippen molar-refractivity contribution in [2.75, 3.05) is 10.0 Å². The van der Waals surface area contributed by atoms with Gasteiger partial charge in [0.25, 0.3) is 20.1 Å². The number of nitrogens with zero attached hydrogens (tertiary/aromatic N) is 3. The van der Waals surface area contributed by atoms with E-state index >= 15 is 0 Å². The SMILES string of the molecule is CCC(=O)Nc1cc(N=Nc2snc3ccccc23)c2c(NS(=O)(=O)c3cccc(S(=O)(=O)O)c3)cccc2c1O. The summed E-state index contributed by atoms with van der Waals surface area (Å²) < 4.78 is 65.8. The Morgan fingerprint density at radius 1 is 0.902 bits per heavy atom. The Morgan fingerprint density at radius 2 is 1.61 bits per heavy atom. The third-order valence-electron chi connectivity index (χ3n) is 5.98. The molecule has 41 heavy (non-hydrogen) atoms. The van der Waals surface area contributed by atoms with E-state index in [1.165, 1.54) is 30.3 Å². The second kappa shape index (κ2) is 10.9. The van der Waals surface area contributed by atoms with Crippen molar-refractivity contribution in [3.8, 4) is 5.75 Å². The van der Waals surface area contributed by atoms with Crippen LogP contribution in [0.25, 0.3) is 21.7 Å². The first-order chi connectivity index (χ1) is 19.5. The van der Waals surface area contributed by atoms with Crippen molar-refractivity contribution in [2.24, 2.45) is 10.2 Å². The fourth-order valence-corrected chi connectivity index (χ4v) is 6.41. The molecule has 5 rings (SSSR count). The zero-order valence-corrected chi connectivity index (χ0v) is 23.6. The Balaban J connectivity index is 1.67. The number of phenolic OH excluding ortho intramolecular Hbond substituents is 1. The molecule has 15 heteroatoms. The van der Waals surface area contributed by atoms with E-state index in [1.54, 1.807) is 6.92 Å². The van der Waals surface area contributed by atoms with Gasteiger partial charge in [0, 0.05) is 22.6 Å². The Bertz CT molecular complexity index is 2070. The van der Waals surface area contributed by atoms with Gasteiger partial charge in [-0.05, 0) is 54.0 Å². The molecule has 1 amide bonds. The van der Waals surface area contributed by atoms with Crippen LogP contribution in [0.3, 0.4) is 0 Å². The molecule has 0 unspecified atom stereocenters. The molecule has 0 aliphatic heterocycles. The molecule has 0 aliphatic carbocycles. The van der Waals surface area contributed by atoms with Gasteiger partial charge in [-0.25, -0.2) is 8.42 Å². The highest BCUT2D eigenvalue weighted by Crippen LogP contribution is 2.44. The number of azo groups is 1. The van der Waals surface area contributed by atoms with Gasteiger partial charge in [0.1, 0.15) is 5.75 Å². The van der Waals surface area contributed by atoms with Gasteiger partial charge < -0.3 is 10.4 Å². The summed E-state index contributed by atoms with van der Waals surface area (Å²) in [5.41, 5.74) is 0.880. The Morgan fingerprint density at radius 3 is 2.37 bits per heavy atom. The van der Waals surface area contributed by atoms with Crippen LogP contribution in [0.2, 0.25) is 0 Å². The van der Waals surface area contributed by atoms with E-state index in [0.29, 0.717) is 5.00 Å². The van der Waals surface area contributed by atoms with Crippen LogP contribution in [0.1, 0.15) is 13.3 Å². The lowest BCUT2D eigenvalue weighted by atomic mass is 10.0. The second-order valence-electron chi connectivity index (χ2n) is 8.68. The zero-order valence-electron chi connectivity index (χ0n) is 21.1. The van der Waals surface area contributed by atoms with Gasteiger partial charge in [0.05, 0.1) is 32.4 Å². The number of aromatic hydroxyl groups is 1. The molecule has 0 fully saturated rings. The number of hydrogen-bond acceptors (Lipinski definition) is 10. The fraction of sp³-hybridized carbons (Fsp3) is 0.0769. The first-order valence-corrected chi connectivity index (χ1v) is 15.6. The van der Waals surface area contributed by atoms with E-state index in [4.69, 9.17) is 0 Å². The van der Waals surface area contributed by atoms with E-state index in [9.17, 15) is 31.3 Å². The first kappa shape index (κ1) is 28.1. The van der Waals surface area contributed by atoms with Crippen LogP contribution in [-0.2, 0) is 24.9 Å². The van der Waals surface area contributed by atoms with Crippen molar-refractivity contribution in [3.05, 3.63) is 72.8 Å². The van der Waals surface area contributed by atoms with Gasteiger partial charge in [-0.15, -0.1) is 10.2 Å². The molecule has 0 radical (unpaired) electrons. The summed E-state index contributed by atoms with van der Waals surface area (Å²) in [6.07, 6.45) is 0.143. The third kappa shape index (κ3) is 5.74. The lowest BCUT2D eigenvalue weighted by molar-refractivity contribution is -0.115. The van der Waals surface area contributed by atoms with Gasteiger partial charge in [0.15, 0.2) is 5.00 Å². The largest absolute Gasteiger partial charge is 0.505 e. The minimum Gasteiger partial charge on any atom is -0.505 e. The minimum atomic E-state index is -4.66. The fourth-order valence-electron chi connectivity index (χ4n) is 4.00. The van der Waals surface area contributed by atoms with Crippen molar-refractivity contribution in [2.45, 2.75) is 23.1 Å². The number of phenols is 1. The maximum atomic E-state index is 13.3. The molecule has 0 atom stereocenters. The second-order valence-corrected chi connectivity index (χ2v) is 12.5. The summed E-state index contributed by atoms with van der Waals surface area (Å²) in [5, 5.41) is 23.9. The first-order valence-electron chi connectivity index (χ1n) is 11.9. The molecule has 12 nitrogen and oxygen atoms in total. The highest BCUT2D eigenvalue weighted by molar-refractivity contribution is 7.92. The Labute approximate surface area is 238 Å². The predicted octanol–water partition coefficient (Wildman–Crippen LogP) is 5.97. The van der Waals surface area contributed by atoms with Gasteiger partial charge in [0.2, 0.25) is 5.91 Å². The number of carbonyl (C=O) groups is 1. The van der Waals surface area contributed by atoms with E-state index in [2.05, 4.69) is 24.6 Å². The molecular formula is C26H21N5O7S3. The number of anilines is 2. The maximum absolute atomic E-state index is 13.3. The highest BCUT2D eigenvalue weighted by Gasteiger charge is 2.22. The number of sulfonamides is 1. The minimum absolute atomic E-state index is 0.00783. The predicted molar refractivity (Wildman–Crippen MR) is 155 cm³/mol. The molecule has 0 aliphatic rings. The number of benzene rings is 4. The summed E-state index contributed by atoms with van der Waals surface area (Å²) in [4.78, 5) is 11.1. The number of rotatable bonds is 8. The maximum Gasteiger partial charge on any atom is 0.294 e. The van der Waals surface area contributed by atoms with Gasteiger partial charge >= 0.3 is 0 Å². The van der Waals surface area contributed by atoms with Crippen LogP contribution in [0.15, 0.2) is 92.8 Å². The molecule has 0 saturated heterocycles. The molecule has 4 N–H and O–H groups in total. The van der Waals surface area contributed by atoms with Crippen molar-refractivity contribution in [3.63, 3.8) is 0 Å². The third-order valence-corrected chi connectivity index (χ3v) is 8.95. The molecule has 0 spiro atoms. The lowest BCUT2D eigenvalue weighted by Gasteiger charge is -2.16. The number of amides is 1. The average molecular weight is 612 g/mol. The summed E-state index contributed by atoms with van der Waals surface area (Å²) in [6, 6.07) is 17.3. The summed E-state index contributed by atoms with van der Waals surface area (Å²) in [7, 11) is -9.05. The van der Waals surface area contributed by atoms with Gasteiger partial charge in [-0.2, -0.15) is 12.8 Å². The summed E-state index contributed by atoms with van der Waals surface area (Å²) in [5.74, 6) is -0.690. The number of fused-ring (bicyclic) bond motifs is 2. The quantitative estimate of drug-likeness (QED) is 0.0938. The normalized spacial score (nSPS) is 12.2. The number of nitrogens with one attached hydrogen (secondary N) is 2. The van der Waals surface area contributed by atoms with E-state index < -0.39 is 29.9 Å². The monoisotopic (exact) mass is 611 g/mol. The Hall–Kier alpha value is -4.44. The Kier molecular flexibility index (Phi) is 7.44. The lowest BCUT2D eigenvalue weighted by Crippen LogP contribution is -2.14. The van der Waals surface area contributed by atoms with Gasteiger partial charge in [-0.3, -0.25) is 14.1 Å². The average Bonchev–Trinajstić information content (AvgIpc) is 3.36. The van der Waals surface area contributed by atoms with Crippen LogP contribution >= 0.6 is 11.5 Å². The smallest absolute Gasteiger partial charge is 0.294 e. The molecule has 210 valence electrons. The van der Waals surface area contributed by atoms with Crippen molar-refractivity contribution >= 4 is 81.3 Å². The van der Waals surface area contributed by atoms with Gasteiger partial charge in [-0.1, -0.05) is 37.3 Å². The van der Waals surface area contributed by atoms with Crippen LogP contribution < -0.4 is 10.0 Å². The van der Waals surface area contributed by atoms with Crippen LogP contribution in [-0.4, -0.2) is 36.8 Å². The van der Waals surface area contributed by atoms with Crippen LogP contribution in [0.4, 0.5) is 22.1 Å². The van der Waals surface area contributed by atoms with Crippen molar-refractivity contribution in [1.82, 2.24) is 4.37 Å². The summed E-state index contributed by atoms with van der Waals surface area (Å²) in [6.45, 7) is 1.65. The van der Waals surface area contributed by atoms with Crippen LogP contribution in [0.5, 0.6) is 5.75 Å². The van der Waals surface area contributed by atoms with E-state index in [0.717, 1.165) is 40.6 Å². The molecule has 1 aromatic heterocycles. The molecule has 4 aromatic carbocycles. The standard InChI is InChI=1S/C26H21N5O7S3/c1-2-23(32)27-22-14-21(28-29-26-17-9-3-4-11-19(17)30-39-26)24-18(25(22)33)10-6-12-20(24)31-40(34,35)15-7-5-8-16(13-15)41(36,37)38/h3-14,31,33H,2H2,1H3,(H,27,32)(H,36,37,38). The number of hydrogen-bond donors (Lipinski definition) is 4. The number of aromatic nitrogens is 1. The molecule has 0 bridgehead atoms. The van der Waals surface area contributed by atoms with E-state index in [-0.39, 0.29) is 45.9 Å². The van der Waals surface area contributed by atoms with Crippen LogP contribution in [0, 0.1) is 0 Å². The van der Waals surface area contributed by atoms with Crippen molar-refractivity contribution < 1.29 is 31.3 Å². The number of carbonyl (C=O) groups excluding carboxylic acids is 1. The highest BCUT2D eigenvalue weighted by atomic mass is 32.2. The molecule has 1 heterocycles. The molecule has 0 saturated carbocycles. The van der Waals surface area contributed by atoms with Crippen molar-refractivity contribution in [1.29, 1.82) is 0 Å². The summed E-state index contributed by atoms with van der Waals surface area (Å²) >= 11 is 1.11. The zero-order chi connectivity index (χ0) is 29.4. The van der Waals surface area contributed by atoms with E-state index in [1.807, 2.05) is 24.3 Å². The molecule has 5 aromatic rings. The molecular weight excluding hydrogens is 591 g/mol.